The summed E-state index contributed by atoms with van der Waals surface area (Å²) in [5.41, 5.74) is 6.62. The lowest BCUT2D eigenvalue weighted by atomic mass is 9.82. The summed E-state index contributed by atoms with van der Waals surface area (Å²) in [5, 5.41) is 3.21. The third-order valence-corrected chi connectivity index (χ3v) is 6.81. The Morgan fingerprint density at radius 1 is 1.24 bits per heavy atom. The second-order valence-corrected chi connectivity index (χ2v) is 9.95. The normalized spacial score (nSPS) is 18.3. The van der Waals surface area contributed by atoms with Crippen LogP contribution in [0.3, 0.4) is 0 Å². The quantitative estimate of drug-likeness (QED) is 0.584. The Morgan fingerprint density at radius 3 is 2.73 bits per heavy atom. The van der Waals surface area contributed by atoms with Crippen molar-refractivity contribution in [3.8, 4) is 5.75 Å². The maximum Gasteiger partial charge on any atom is 0.344 e. The Balaban J connectivity index is 1.56. The van der Waals surface area contributed by atoms with Gasteiger partial charge in [-0.2, -0.15) is 8.42 Å². The molecule has 1 fully saturated rings. The number of amidine groups is 1. The monoisotopic (exact) mass is 472 g/mol. The Labute approximate surface area is 193 Å². The van der Waals surface area contributed by atoms with Crippen molar-refractivity contribution < 1.29 is 17.9 Å². The Hall–Kier alpha value is -3.34. The smallest absolute Gasteiger partial charge is 0.344 e. The number of nitrogens with zero attached hydrogens (tertiary/aromatic N) is 3. The average molecular weight is 473 g/mol. The van der Waals surface area contributed by atoms with E-state index in [1.807, 2.05) is 19.0 Å². The third-order valence-electron chi connectivity index (χ3n) is 5.90. The van der Waals surface area contributed by atoms with Crippen molar-refractivity contribution in [3.05, 3.63) is 47.7 Å². The second-order valence-electron chi connectivity index (χ2n) is 8.61. The molecule has 1 aliphatic heterocycles. The first-order valence-electron chi connectivity index (χ1n) is 10.8. The summed E-state index contributed by atoms with van der Waals surface area (Å²) in [5.74, 6) is 0.794. The van der Waals surface area contributed by atoms with E-state index in [9.17, 15) is 13.2 Å². The molecular weight excluding hydrogens is 444 g/mol. The highest BCUT2D eigenvalue weighted by Gasteiger charge is 2.36. The van der Waals surface area contributed by atoms with Gasteiger partial charge in [0, 0.05) is 25.9 Å². The van der Waals surface area contributed by atoms with E-state index in [1.165, 1.54) is 0 Å². The minimum atomic E-state index is -3.87. The lowest BCUT2D eigenvalue weighted by Crippen LogP contribution is -2.54. The van der Waals surface area contributed by atoms with E-state index in [4.69, 9.17) is 10.5 Å². The van der Waals surface area contributed by atoms with E-state index >= 15 is 0 Å². The summed E-state index contributed by atoms with van der Waals surface area (Å²) < 4.78 is 35.7. The minimum absolute atomic E-state index is 0.130. The highest BCUT2D eigenvalue weighted by Crippen LogP contribution is 2.33. The van der Waals surface area contributed by atoms with E-state index in [0.29, 0.717) is 28.4 Å². The molecule has 1 aromatic heterocycles. The Bertz CT molecular complexity index is 1190. The fraction of sp³-hybridized carbons (Fsp3) is 0.409. The molecule has 1 amide bonds. The van der Waals surface area contributed by atoms with Crippen molar-refractivity contribution >= 4 is 33.5 Å². The molecule has 4 rings (SSSR count). The maximum absolute atomic E-state index is 13.1. The number of amides is 1. The fourth-order valence-corrected chi connectivity index (χ4v) is 5.05. The minimum Gasteiger partial charge on any atom is -0.490 e. The van der Waals surface area contributed by atoms with Crippen molar-refractivity contribution in [3.63, 3.8) is 0 Å². The number of hydrogen-bond donors (Lipinski definition) is 3. The van der Waals surface area contributed by atoms with Gasteiger partial charge < -0.3 is 20.7 Å². The summed E-state index contributed by atoms with van der Waals surface area (Å²) in [4.78, 5) is 19.2. The molecule has 11 heteroatoms. The van der Waals surface area contributed by atoms with Crippen molar-refractivity contribution in [2.45, 2.75) is 37.6 Å². The van der Waals surface area contributed by atoms with Gasteiger partial charge in [-0.25, -0.2) is 4.98 Å². The van der Waals surface area contributed by atoms with Crippen LogP contribution in [0.15, 0.2) is 40.9 Å². The van der Waals surface area contributed by atoms with Gasteiger partial charge in [0.25, 0.3) is 5.91 Å². The molecule has 1 aromatic carbocycles. The molecule has 0 atom stereocenters. The fourth-order valence-electron chi connectivity index (χ4n) is 4.20. The van der Waals surface area contributed by atoms with Gasteiger partial charge in [-0.1, -0.05) is 25.3 Å². The van der Waals surface area contributed by atoms with E-state index < -0.39 is 15.7 Å². The highest BCUT2D eigenvalue weighted by atomic mass is 32.2. The van der Waals surface area contributed by atoms with Crippen molar-refractivity contribution in [2.24, 2.45) is 10.1 Å². The van der Waals surface area contributed by atoms with Crippen molar-refractivity contribution in [2.75, 3.05) is 30.3 Å². The number of pyridine rings is 1. The van der Waals surface area contributed by atoms with E-state index in [0.717, 1.165) is 32.1 Å². The van der Waals surface area contributed by atoms with Crippen LogP contribution >= 0.6 is 0 Å². The lowest BCUT2D eigenvalue weighted by Gasteiger charge is -2.38. The van der Waals surface area contributed by atoms with Gasteiger partial charge in [0.2, 0.25) is 0 Å². The summed E-state index contributed by atoms with van der Waals surface area (Å²) in [7, 11) is -0.132. The molecule has 1 saturated carbocycles. The van der Waals surface area contributed by atoms with Crippen LogP contribution in [0.1, 0.15) is 48.0 Å². The van der Waals surface area contributed by atoms with Gasteiger partial charge >= 0.3 is 10.2 Å². The first-order chi connectivity index (χ1) is 15.7. The number of ether oxygens (including phenoxy) is 1. The Kier molecular flexibility index (Phi) is 6.15. The molecule has 0 bridgehead atoms. The SMILES string of the molecule is CN(C)c1cc(C(=O)NC2(COc3cccc4c3C(N)=NS(=O)(=O)N4)CCCCC2)ccn1. The lowest BCUT2D eigenvalue weighted by molar-refractivity contribution is 0.0789. The predicted octanol–water partition coefficient (Wildman–Crippen LogP) is 2.03. The molecule has 33 heavy (non-hydrogen) atoms. The van der Waals surface area contributed by atoms with Crippen molar-refractivity contribution in [1.29, 1.82) is 0 Å². The van der Waals surface area contributed by atoms with Crippen LogP contribution < -0.4 is 25.4 Å². The van der Waals surface area contributed by atoms with Gasteiger partial charge in [-0.15, -0.1) is 4.40 Å². The van der Waals surface area contributed by atoms with E-state index in [-0.39, 0.29) is 18.3 Å². The zero-order chi connectivity index (χ0) is 23.6. The van der Waals surface area contributed by atoms with Gasteiger partial charge in [0.15, 0.2) is 5.84 Å². The molecule has 4 N–H and O–H groups in total. The van der Waals surface area contributed by atoms with Gasteiger partial charge in [-0.3, -0.25) is 9.52 Å². The van der Waals surface area contributed by atoms with Crippen LogP contribution in [0.4, 0.5) is 11.5 Å². The number of nitrogens with one attached hydrogen (secondary N) is 2. The van der Waals surface area contributed by atoms with Crippen LogP contribution in [0.25, 0.3) is 0 Å². The van der Waals surface area contributed by atoms with Crippen LogP contribution in [0, 0.1) is 0 Å². The third kappa shape index (κ3) is 5.03. The molecule has 176 valence electrons. The van der Waals surface area contributed by atoms with Crippen LogP contribution in [0.2, 0.25) is 0 Å². The number of benzene rings is 1. The van der Waals surface area contributed by atoms with Crippen molar-refractivity contribution in [1.82, 2.24) is 10.3 Å². The Morgan fingerprint density at radius 2 is 2.00 bits per heavy atom. The maximum atomic E-state index is 13.1. The highest BCUT2D eigenvalue weighted by molar-refractivity contribution is 7.91. The predicted molar refractivity (Wildman–Crippen MR) is 127 cm³/mol. The molecule has 10 nitrogen and oxygen atoms in total. The largest absolute Gasteiger partial charge is 0.490 e. The first-order valence-corrected chi connectivity index (χ1v) is 12.2. The van der Waals surface area contributed by atoms with E-state index in [1.54, 1.807) is 36.5 Å². The number of rotatable bonds is 6. The van der Waals surface area contributed by atoms with E-state index in [2.05, 4.69) is 19.4 Å². The summed E-state index contributed by atoms with van der Waals surface area (Å²) in [6.45, 7) is 0.223. The molecule has 0 radical (unpaired) electrons. The van der Waals surface area contributed by atoms with Gasteiger partial charge in [-0.05, 0) is 37.1 Å². The van der Waals surface area contributed by atoms with Crippen LogP contribution in [-0.2, 0) is 10.2 Å². The molecular formula is C22H28N6O4S. The molecule has 0 saturated heterocycles. The molecule has 2 heterocycles. The molecule has 2 aromatic rings. The number of anilines is 2. The molecule has 2 aliphatic rings. The van der Waals surface area contributed by atoms with Crippen LogP contribution in [0.5, 0.6) is 5.75 Å². The summed E-state index contributed by atoms with van der Waals surface area (Å²) in [6, 6.07) is 8.44. The number of nitrogens with two attached hydrogens (primary N) is 1. The number of carbonyl (C=O) groups excluding carboxylic acids is 1. The molecule has 0 unspecified atom stereocenters. The zero-order valence-corrected chi connectivity index (χ0v) is 19.5. The summed E-state index contributed by atoms with van der Waals surface area (Å²) in [6.07, 6.45) is 6.21. The van der Waals surface area contributed by atoms with Gasteiger partial charge in [0.05, 0.1) is 16.8 Å². The number of fused-ring (bicyclic) bond motifs is 1. The standard InChI is InChI=1S/C22H28N6O4S/c1-28(2)18-13-15(9-12-24-18)21(29)25-22(10-4-3-5-11-22)14-32-17-8-6-7-16-19(17)20(23)27-33(30,31)26-16/h6-9,12-13,26H,3-5,10-11,14H2,1-2H3,(H2,23,27)(H,25,29). The van der Waals surface area contributed by atoms with Crippen LogP contribution in [-0.4, -0.2) is 51.4 Å². The van der Waals surface area contributed by atoms with Gasteiger partial charge in [0.1, 0.15) is 18.2 Å². The first kappa shape index (κ1) is 22.8. The second kappa shape index (κ2) is 8.89. The number of carbonyl (C=O) groups is 1. The average Bonchev–Trinajstić information content (AvgIpc) is 2.77. The number of aromatic nitrogens is 1. The topological polar surface area (TPSA) is 139 Å². The zero-order valence-electron chi connectivity index (χ0n) is 18.7. The summed E-state index contributed by atoms with van der Waals surface area (Å²) >= 11 is 0. The molecule has 0 spiro atoms. The molecule has 1 aliphatic carbocycles. The number of hydrogen-bond acceptors (Lipinski definition) is 7.